The average Bonchev–Trinajstić information content (AvgIpc) is 2.49. The van der Waals surface area contributed by atoms with Crippen LogP contribution in [0.4, 0.5) is 0 Å². The number of carboxylic acids is 1. The first kappa shape index (κ1) is 17.4. The molecule has 0 fully saturated rings. The van der Waals surface area contributed by atoms with Crippen molar-refractivity contribution in [1.29, 1.82) is 0 Å². The van der Waals surface area contributed by atoms with Crippen molar-refractivity contribution in [2.24, 2.45) is 0 Å². The van der Waals surface area contributed by atoms with Gasteiger partial charge in [-0.1, -0.05) is 37.1 Å². The Morgan fingerprint density at radius 2 is 1.76 bits per heavy atom. The Morgan fingerprint density at radius 3 is 2.43 bits per heavy atom. The number of benzene rings is 1. The standard InChI is InChI=1S/C17H24O4/c18-12-3-1-2-4-13-21-14-11-16-7-5-15(6-8-16)9-10-17(19)20/h5-10,18H,1-4,11-14H2,(H,19,20)/b10-9+. The van der Waals surface area contributed by atoms with Crippen LogP contribution in [-0.4, -0.2) is 36.0 Å². The molecule has 4 heteroatoms. The average molecular weight is 292 g/mol. The lowest BCUT2D eigenvalue weighted by Crippen LogP contribution is -2.00. The van der Waals surface area contributed by atoms with E-state index < -0.39 is 5.97 Å². The van der Waals surface area contributed by atoms with E-state index >= 15 is 0 Å². The SMILES string of the molecule is O=C(O)/C=C/c1ccc(CCOCCCCCCO)cc1. The zero-order chi connectivity index (χ0) is 15.3. The van der Waals surface area contributed by atoms with Crippen LogP contribution in [0, 0.1) is 0 Å². The predicted octanol–water partition coefficient (Wildman–Crippen LogP) is 2.90. The molecular formula is C17H24O4. The van der Waals surface area contributed by atoms with Crippen LogP contribution in [0.5, 0.6) is 0 Å². The van der Waals surface area contributed by atoms with Crippen LogP contribution in [0.3, 0.4) is 0 Å². The number of aliphatic hydroxyl groups is 1. The molecule has 0 bridgehead atoms. The third-order valence-corrected chi connectivity index (χ3v) is 3.13. The van der Waals surface area contributed by atoms with Crippen molar-refractivity contribution in [2.75, 3.05) is 19.8 Å². The molecule has 0 saturated heterocycles. The van der Waals surface area contributed by atoms with Crippen LogP contribution in [0.25, 0.3) is 6.08 Å². The minimum absolute atomic E-state index is 0.276. The molecule has 0 aliphatic rings. The fourth-order valence-corrected chi connectivity index (χ4v) is 1.92. The molecule has 0 spiro atoms. The molecule has 1 aromatic rings. The normalized spacial score (nSPS) is 11.1. The van der Waals surface area contributed by atoms with E-state index in [9.17, 15) is 4.79 Å². The zero-order valence-corrected chi connectivity index (χ0v) is 12.3. The fraction of sp³-hybridized carbons (Fsp3) is 0.471. The highest BCUT2D eigenvalue weighted by atomic mass is 16.5. The van der Waals surface area contributed by atoms with E-state index in [1.165, 1.54) is 5.56 Å². The molecule has 1 aromatic carbocycles. The Bertz CT molecular complexity index is 423. The van der Waals surface area contributed by atoms with Gasteiger partial charge >= 0.3 is 5.97 Å². The molecule has 0 atom stereocenters. The molecule has 1 rings (SSSR count). The number of aliphatic hydroxyl groups excluding tert-OH is 1. The molecule has 0 unspecified atom stereocenters. The van der Waals surface area contributed by atoms with Gasteiger partial charge in [0.15, 0.2) is 0 Å². The Balaban J connectivity index is 2.14. The van der Waals surface area contributed by atoms with E-state index in [4.69, 9.17) is 14.9 Å². The number of rotatable bonds is 11. The second-order valence-corrected chi connectivity index (χ2v) is 4.91. The Labute approximate surface area is 126 Å². The van der Waals surface area contributed by atoms with E-state index in [1.807, 2.05) is 24.3 Å². The molecule has 0 heterocycles. The van der Waals surface area contributed by atoms with Gasteiger partial charge in [0.1, 0.15) is 0 Å². The summed E-state index contributed by atoms with van der Waals surface area (Å²) in [6, 6.07) is 7.80. The van der Waals surface area contributed by atoms with Crippen LogP contribution in [0.15, 0.2) is 30.3 Å². The van der Waals surface area contributed by atoms with E-state index in [0.717, 1.165) is 50.4 Å². The molecule has 0 aliphatic carbocycles. The van der Waals surface area contributed by atoms with Crippen LogP contribution >= 0.6 is 0 Å². The number of unbranched alkanes of at least 4 members (excludes halogenated alkanes) is 3. The van der Waals surface area contributed by atoms with Gasteiger partial charge < -0.3 is 14.9 Å². The number of carbonyl (C=O) groups is 1. The number of hydrogen-bond donors (Lipinski definition) is 2. The number of ether oxygens (including phenoxy) is 1. The lowest BCUT2D eigenvalue weighted by Gasteiger charge is -2.05. The van der Waals surface area contributed by atoms with Crippen LogP contribution in [0.2, 0.25) is 0 Å². The highest BCUT2D eigenvalue weighted by Gasteiger charge is 1.95. The minimum Gasteiger partial charge on any atom is -0.478 e. The summed E-state index contributed by atoms with van der Waals surface area (Å²) in [4.78, 5) is 10.4. The summed E-state index contributed by atoms with van der Waals surface area (Å²) in [6.45, 7) is 1.74. The topological polar surface area (TPSA) is 66.8 Å². The van der Waals surface area contributed by atoms with Crippen molar-refractivity contribution >= 4 is 12.0 Å². The van der Waals surface area contributed by atoms with Crippen LogP contribution < -0.4 is 0 Å². The first-order chi connectivity index (χ1) is 10.2. The van der Waals surface area contributed by atoms with Gasteiger partial charge in [-0.2, -0.15) is 0 Å². The van der Waals surface area contributed by atoms with Crippen LogP contribution in [0.1, 0.15) is 36.8 Å². The monoisotopic (exact) mass is 292 g/mol. The highest BCUT2D eigenvalue weighted by molar-refractivity contribution is 5.85. The predicted molar refractivity (Wildman–Crippen MR) is 83.2 cm³/mol. The van der Waals surface area contributed by atoms with Gasteiger partial charge in [0.2, 0.25) is 0 Å². The summed E-state index contributed by atoms with van der Waals surface area (Å²) in [6.07, 6.45) is 7.65. The summed E-state index contributed by atoms with van der Waals surface area (Å²) in [7, 11) is 0. The fourth-order valence-electron chi connectivity index (χ4n) is 1.92. The van der Waals surface area contributed by atoms with Gasteiger partial charge in [-0.25, -0.2) is 4.79 Å². The Morgan fingerprint density at radius 1 is 1.05 bits per heavy atom. The molecule has 0 aromatic heterocycles. The number of hydrogen-bond acceptors (Lipinski definition) is 3. The van der Waals surface area contributed by atoms with E-state index in [0.29, 0.717) is 6.61 Å². The molecule has 116 valence electrons. The molecule has 21 heavy (non-hydrogen) atoms. The third kappa shape index (κ3) is 9.00. The van der Waals surface area contributed by atoms with Gasteiger partial charge in [0.05, 0.1) is 6.61 Å². The first-order valence-corrected chi connectivity index (χ1v) is 7.41. The number of carboxylic acid groups (broad SMARTS) is 1. The molecule has 0 aliphatic heterocycles. The maximum absolute atomic E-state index is 10.4. The van der Waals surface area contributed by atoms with Crippen molar-refractivity contribution in [3.63, 3.8) is 0 Å². The van der Waals surface area contributed by atoms with Crippen molar-refractivity contribution in [3.05, 3.63) is 41.5 Å². The zero-order valence-electron chi connectivity index (χ0n) is 12.3. The van der Waals surface area contributed by atoms with E-state index in [2.05, 4.69) is 0 Å². The number of aliphatic carboxylic acids is 1. The van der Waals surface area contributed by atoms with E-state index in [1.54, 1.807) is 6.08 Å². The van der Waals surface area contributed by atoms with Gasteiger partial charge in [-0.3, -0.25) is 0 Å². The third-order valence-electron chi connectivity index (χ3n) is 3.13. The molecule has 0 saturated carbocycles. The van der Waals surface area contributed by atoms with Gasteiger partial charge in [0.25, 0.3) is 0 Å². The van der Waals surface area contributed by atoms with Gasteiger partial charge in [-0.15, -0.1) is 0 Å². The lowest BCUT2D eigenvalue weighted by atomic mass is 10.1. The van der Waals surface area contributed by atoms with Gasteiger partial charge in [0, 0.05) is 19.3 Å². The Hall–Kier alpha value is -1.65. The molecule has 0 amide bonds. The van der Waals surface area contributed by atoms with E-state index in [-0.39, 0.29) is 6.61 Å². The summed E-state index contributed by atoms with van der Waals surface area (Å²) in [5, 5.41) is 17.2. The maximum atomic E-state index is 10.4. The highest BCUT2D eigenvalue weighted by Crippen LogP contribution is 2.07. The lowest BCUT2D eigenvalue weighted by molar-refractivity contribution is -0.131. The maximum Gasteiger partial charge on any atom is 0.328 e. The summed E-state index contributed by atoms with van der Waals surface area (Å²) in [5.41, 5.74) is 2.06. The van der Waals surface area contributed by atoms with Gasteiger partial charge in [-0.05, 0) is 36.5 Å². The second-order valence-electron chi connectivity index (χ2n) is 4.91. The molecule has 2 N–H and O–H groups in total. The van der Waals surface area contributed by atoms with Crippen molar-refractivity contribution in [3.8, 4) is 0 Å². The summed E-state index contributed by atoms with van der Waals surface area (Å²) < 4.78 is 5.57. The quantitative estimate of drug-likeness (QED) is 0.486. The van der Waals surface area contributed by atoms with Crippen molar-refractivity contribution < 1.29 is 19.7 Å². The largest absolute Gasteiger partial charge is 0.478 e. The molecule has 0 radical (unpaired) electrons. The molecule has 4 nitrogen and oxygen atoms in total. The first-order valence-electron chi connectivity index (χ1n) is 7.41. The smallest absolute Gasteiger partial charge is 0.328 e. The summed E-state index contributed by atoms with van der Waals surface area (Å²) in [5.74, 6) is -0.938. The summed E-state index contributed by atoms with van der Waals surface area (Å²) >= 11 is 0. The molecular weight excluding hydrogens is 268 g/mol. The Kier molecular flexibility index (Phi) is 9.16. The van der Waals surface area contributed by atoms with Crippen molar-refractivity contribution in [1.82, 2.24) is 0 Å². The second kappa shape index (κ2) is 11.1. The van der Waals surface area contributed by atoms with Crippen molar-refractivity contribution in [2.45, 2.75) is 32.1 Å². The minimum atomic E-state index is -0.938. The van der Waals surface area contributed by atoms with Crippen LogP contribution in [-0.2, 0) is 16.0 Å².